The van der Waals surface area contributed by atoms with Crippen LogP contribution in [0.2, 0.25) is 0 Å². The van der Waals surface area contributed by atoms with Crippen molar-refractivity contribution in [1.82, 2.24) is 19.5 Å². The van der Waals surface area contributed by atoms with Crippen molar-refractivity contribution in [3.05, 3.63) is 17.3 Å². The molecule has 4 atom stereocenters. The van der Waals surface area contributed by atoms with Gasteiger partial charge in [0.15, 0.2) is 10.9 Å². The summed E-state index contributed by atoms with van der Waals surface area (Å²) in [6.07, 6.45) is -1.13. The summed E-state index contributed by atoms with van der Waals surface area (Å²) in [5.74, 6) is 0. The Bertz CT molecular complexity index is 686. The molecule has 2 aromatic rings. The number of halogens is 2. The molecule has 3 rings (SSSR count). The Morgan fingerprint density at radius 2 is 2.05 bits per heavy atom. The molecule has 4 N–H and O–H groups in total. The van der Waals surface area contributed by atoms with Crippen molar-refractivity contribution in [2.75, 3.05) is 6.61 Å². The van der Waals surface area contributed by atoms with Gasteiger partial charge in [-0.3, -0.25) is 4.57 Å². The third-order valence-corrected chi connectivity index (χ3v) is 3.47. The molecule has 0 aromatic carbocycles. The Morgan fingerprint density at radius 1 is 1.36 bits per heavy atom. The van der Waals surface area contributed by atoms with Crippen LogP contribution >= 0.6 is 31.1 Å². The third kappa shape index (κ3) is 3.52. The maximum absolute atomic E-state index is 9.97. The maximum atomic E-state index is 9.97. The number of aromatic amines is 1. The first kappa shape index (κ1) is 18.2. The molecular weight excluding hydrogens is 538 g/mol. The number of rotatable bonds is 2. The monoisotopic (exact) mass is 549 g/mol. The molecule has 12 heteroatoms. The predicted octanol–water partition coefficient (Wildman–Crippen LogP) is 0.477. The average Bonchev–Trinajstić information content (AvgIpc) is 3.04. The molecule has 126 valence electrons. The number of imidazole rings is 1. The van der Waals surface area contributed by atoms with Crippen LogP contribution in [0.4, 0.5) is 0 Å². The molecule has 0 bridgehead atoms. The third-order valence-electron chi connectivity index (χ3n) is 3.17. The van der Waals surface area contributed by atoms with Crippen LogP contribution < -0.4 is 0 Å². The first-order valence-electron chi connectivity index (χ1n) is 5.90. The Balaban J connectivity index is 0.000000545. The molecule has 0 aliphatic carbocycles. The Labute approximate surface area is 146 Å². The average molecular weight is 550 g/mol. The quantitative estimate of drug-likeness (QED) is 0.402. The van der Waals surface area contributed by atoms with Crippen molar-refractivity contribution < 1.29 is 36.5 Å². The number of nitrogens with zero attached hydrogens (tertiary/aromatic N) is 3. The van der Waals surface area contributed by atoms with Gasteiger partial charge in [-0.05, 0) is 0 Å². The first-order valence-corrected chi connectivity index (χ1v) is 11.9. The summed E-state index contributed by atoms with van der Waals surface area (Å²) in [6.45, 7) is -0.376. The first-order chi connectivity index (χ1) is 10.5. The minimum atomic E-state index is -1.16. The van der Waals surface area contributed by atoms with E-state index in [0.717, 1.165) is 0 Å². The van der Waals surface area contributed by atoms with Crippen LogP contribution in [-0.4, -0.2) is 59.8 Å². The number of ether oxygens (including phenoxy) is 1. The number of fused-ring (bicyclic) bond motifs is 1. The fourth-order valence-electron chi connectivity index (χ4n) is 2.18. The van der Waals surface area contributed by atoms with Crippen LogP contribution in [-0.2, 0) is 21.2 Å². The molecular formula is C10H12Cl2N4O4PtS. The van der Waals surface area contributed by atoms with Crippen LogP contribution in [0.25, 0.3) is 11.2 Å². The van der Waals surface area contributed by atoms with Crippen LogP contribution in [0.5, 0.6) is 0 Å². The number of aliphatic hydroxyl groups excluding tert-OH is 3. The van der Waals surface area contributed by atoms with Gasteiger partial charge in [0.2, 0.25) is 0 Å². The van der Waals surface area contributed by atoms with Gasteiger partial charge in [-0.15, -0.1) is 0 Å². The second-order valence-electron chi connectivity index (χ2n) is 4.33. The van der Waals surface area contributed by atoms with E-state index in [0.29, 0.717) is 15.8 Å². The molecule has 0 radical (unpaired) electrons. The van der Waals surface area contributed by atoms with Gasteiger partial charge in [-0.2, -0.15) is 0 Å². The van der Waals surface area contributed by atoms with Crippen LogP contribution in [0.3, 0.4) is 0 Å². The zero-order valence-electron chi connectivity index (χ0n) is 10.7. The van der Waals surface area contributed by atoms with E-state index in [1.807, 2.05) is 0 Å². The van der Waals surface area contributed by atoms with Gasteiger partial charge >= 0.3 is 35.3 Å². The molecule has 0 spiro atoms. The van der Waals surface area contributed by atoms with Crippen molar-refractivity contribution in [3.8, 4) is 0 Å². The van der Waals surface area contributed by atoms with Crippen molar-refractivity contribution >= 4 is 42.2 Å². The number of aliphatic hydroxyl groups is 3. The molecule has 8 nitrogen and oxygen atoms in total. The summed E-state index contributed by atoms with van der Waals surface area (Å²) in [5.41, 5.74) is 1.02. The normalized spacial score (nSPS) is 27.9. The summed E-state index contributed by atoms with van der Waals surface area (Å²) < 4.78 is 7.28. The van der Waals surface area contributed by atoms with Gasteiger partial charge in [0.05, 0.1) is 19.3 Å². The van der Waals surface area contributed by atoms with Crippen molar-refractivity contribution in [2.45, 2.75) is 24.5 Å². The van der Waals surface area contributed by atoms with Gasteiger partial charge in [0.25, 0.3) is 0 Å². The Kier molecular flexibility index (Phi) is 6.72. The van der Waals surface area contributed by atoms with Crippen molar-refractivity contribution in [3.63, 3.8) is 0 Å². The van der Waals surface area contributed by atoms with Crippen molar-refractivity contribution in [2.24, 2.45) is 0 Å². The van der Waals surface area contributed by atoms with E-state index >= 15 is 0 Å². The van der Waals surface area contributed by atoms with E-state index < -0.39 is 41.0 Å². The van der Waals surface area contributed by atoms with Crippen molar-refractivity contribution in [1.29, 1.82) is 0 Å². The van der Waals surface area contributed by atoms with Gasteiger partial charge < -0.3 is 25.0 Å². The van der Waals surface area contributed by atoms with Crippen LogP contribution in [0.1, 0.15) is 6.23 Å². The summed E-state index contributed by atoms with van der Waals surface area (Å²) in [4.78, 5) is 10.9. The van der Waals surface area contributed by atoms with E-state index in [9.17, 15) is 10.2 Å². The molecule has 1 aliphatic rings. The minimum absolute atomic E-state index is 0.333. The zero-order chi connectivity index (χ0) is 16.3. The second-order valence-corrected chi connectivity index (χ2v) is 8.00. The number of hydrogen-bond donors (Lipinski definition) is 4. The summed E-state index contributed by atoms with van der Waals surface area (Å²) in [7, 11) is 9.75. The molecule has 2 aromatic heterocycles. The summed E-state index contributed by atoms with van der Waals surface area (Å²) >= 11 is 4.57. The van der Waals surface area contributed by atoms with Crippen LogP contribution in [0, 0.1) is 4.64 Å². The van der Waals surface area contributed by atoms with E-state index in [1.54, 1.807) is 0 Å². The SMILES string of the molecule is OCC1OC(n2cnc3c(=S)nc[nH]c32)C(O)C1O.[Cl][Pt][Cl]. The molecule has 3 heterocycles. The fourth-order valence-corrected chi connectivity index (χ4v) is 2.38. The molecule has 0 amide bonds. The van der Waals surface area contributed by atoms with E-state index in [2.05, 4.69) is 15.0 Å². The zero-order valence-corrected chi connectivity index (χ0v) is 15.3. The summed E-state index contributed by atoms with van der Waals surface area (Å²) in [6, 6.07) is 0. The Hall–Kier alpha value is -0.122. The van der Waals surface area contributed by atoms with Gasteiger partial charge in [-0.25, -0.2) is 9.97 Å². The fraction of sp³-hybridized carbons (Fsp3) is 0.500. The second kappa shape index (κ2) is 8.12. The Morgan fingerprint density at radius 3 is 2.64 bits per heavy atom. The molecule has 22 heavy (non-hydrogen) atoms. The number of aromatic nitrogens is 4. The molecule has 1 aliphatic heterocycles. The predicted molar refractivity (Wildman–Crippen MR) is 77.4 cm³/mol. The standard InChI is InChI=1S/C10H12N4O4S.2ClH.Pt/c15-1-4-6(16)7(17)10(18-4)14-3-13-5-8(14)11-2-12-9(5)19;;;/h2-4,6-7,10,15-17H,1H2,(H,11,12,19);2*1H;/q;;;+2/p-2. The van der Waals surface area contributed by atoms with Gasteiger partial charge in [0.1, 0.15) is 29.5 Å². The molecule has 4 unspecified atom stereocenters. The number of H-pyrrole nitrogens is 1. The molecule has 1 fully saturated rings. The van der Waals surface area contributed by atoms with E-state index in [4.69, 9.17) is 40.9 Å². The van der Waals surface area contributed by atoms with E-state index in [1.165, 1.54) is 17.2 Å². The van der Waals surface area contributed by atoms with Gasteiger partial charge in [0, 0.05) is 0 Å². The number of hydrogen-bond acceptors (Lipinski definition) is 7. The number of nitrogens with one attached hydrogen (secondary N) is 1. The summed E-state index contributed by atoms with van der Waals surface area (Å²) in [5, 5.41) is 28.8. The van der Waals surface area contributed by atoms with Gasteiger partial charge in [-0.1, -0.05) is 12.2 Å². The van der Waals surface area contributed by atoms with E-state index in [-0.39, 0.29) is 6.61 Å². The topological polar surface area (TPSA) is 116 Å². The molecule has 0 saturated carbocycles. The molecule has 1 saturated heterocycles. The van der Waals surface area contributed by atoms with Crippen LogP contribution in [0.15, 0.2) is 12.7 Å².